The number of furan rings is 1. The van der Waals surface area contributed by atoms with Gasteiger partial charge in [0.1, 0.15) is 11.5 Å². The number of carbonyl (C=O) groups excluding carboxylic acids is 2. The van der Waals surface area contributed by atoms with Crippen LogP contribution in [0.1, 0.15) is 57.1 Å². The molecule has 0 aromatic carbocycles. The summed E-state index contributed by atoms with van der Waals surface area (Å²) in [5, 5.41) is 0. The minimum absolute atomic E-state index is 0.0214. The smallest absolute Gasteiger partial charge is 0.355 e. The van der Waals surface area contributed by atoms with E-state index >= 15 is 0 Å². The van der Waals surface area contributed by atoms with Gasteiger partial charge in [-0.1, -0.05) is 0 Å². The maximum Gasteiger partial charge on any atom is 0.355 e. The molecule has 0 spiro atoms. The van der Waals surface area contributed by atoms with Gasteiger partial charge in [0.2, 0.25) is 0 Å². The van der Waals surface area contributed by atoms with E-state index in [1.807, 2.05) is 12.1 Å². The van der Waals surface area contributed by atoms with Gasteiger partial charge in [0.25, 0.3) is 0 Å². The number of hydrogen-bond donors (Lipinski definition) is 1. The lowest BCUT2D eigenvalue weighted by Gasteiger charge is -2.19. The van der Waals surface area contributed by atoms with Gasteiger partial charge < -0.3 is 18.9 Å². The summed E-state index contributed by atoms with van der Waals surface area (Å²) in [6.45, 7) is 3.85. The molecule has 6 nitrogen and oxygen atoms in total. The Morgan fingerprint density at radius 1 is 1.38 bits per heavy atom. The second kappa shape index (κ2) is 7.97. The van der Waals surface area contributed by atoms with Crippen LogP contribution in [0.2, 0.25) is 0 Å². The summed E-state index contributed by atoms with van der Waals surface area (Å²) in [5.74, 6) is 0.459. The van der Waals surface area contributed by atoms with Crippen molar-refractivity contribution in [2.75, 3.05) is 20.8 Å². The number of nitrogens with one attached hydrogen (secondary N) is 1. The standard InChI is InChI=1S/C16H17NO4.C2H6O/c1-3-20-16(19)15-9(2)14-11(17-15)7-10(8-12(14)18)13-5-4-6-21-13;1-3-2/h4-6,10,17H,3,7-8H2,1-2H3;1-2H3. The summed E-state index contributed by atoms with van der Waals surface area (Å²) in [5.41, 5.74) is 2.51. The number of aromatic amines is 1. The maximum absolute atomic E-state index is 12.4. The van der Waals surface area contributed by atoms with Gasteiger partial charge in [0, 0.05) is 37.8 Å². The first-order valence-electron chi connectivity index (χ1n) is 7.88. The molecule has 3 rings (SSSR count). The van der Waals surface area contributed by atoms with E-state index in [9.17, 15) is 9.59 Å². The molecule has 1 unspecified atom stereocenters. The lowest BCUT2D eigenvalue weighted by Crippen LogP contribution is -2.18. The van der Waals surface area contributed by atoms with Crippen LogP contribution in [0.3, 0.4) is 0 Å². The van der Waals surface area contributed by atoms with Crippen LogP contribution in [0.25, 0.3) is 0 Å². The zero-order chi connectivity index (χ0) is 17.7. The molecule has 0 aliphatic heterocycles. The minimum atomic E-state index is -0.410. The van der Waals surface area contributed by atoms with Crippen LogP contribution in [-0.2, 0) is 15.9 Å². The first-order valence-corrected chi connectivity index (χ1v) is 7.88. The molecule has 0 fully saturated rings. The molecule has 24 heavy (non-hydrogen) atoms. The maximum atomic E-state index is 12.4. The van der Waals surface area contributed by atoms with Crippen LogP contribution in [0, 0.1) is 6.92 Å². The molecule has 2 aromatic heterocycles. The third kappa shape index (κ3) is 3.59. The average Bonchev–Trinajstić information content (AvgIpc) is 3.16. The quantitative estimate of drug-likeness (QED) is 0.872. The molecule has 1 aliphatic carbocycles. The van der Waals surface area contributed by atoms with Crippen LogP contribution in [0.5, 0.6) is 0 Å². The molecule has 0 radical (unpaired) electrons. The van der Waals surface area contributed by atoms with Crippen LogP contribution >= 0.6 is 0 Å². The molecule has 1 N–H and O–H groups in total. The van der Waals surface area contributed by atoms with Crippen LogP contribution in [0.15, 0.2) is 22.8 Å². The van der Waals surface area contributed by atoms with Gasteiger partial charge >= 0.3 is 5.97 Å². The lowest BCUT2D eigenvalue weighted by molar-refractivity contribution is 0.0519. The molecule has 2 aromatic rings. The Morgan fingerprint density at radius 3 is 2.67 bits per heavy atom. The van der Waals surface area contributed by atoms with E-state index in [4.69, 9.17) is 9.15 Å². The molecule has 2 heterocycles. The highest BCUT2D eigenvalue weighted by atomic mass is 16.5. The van der Waals surface area contributed by atoms with Crippen molar-refractivity contribution < 1.29 is 23.5 Å². The number of carbonyl (C=O) groups is 2. The van der Waals surface area contributed by atoms with Crippen molar-refractivity contribution in [3.05, 3.63) is 46.7 Å². The number of fused-ring (bicyclic) bond motifs is 1. The minimum Gasteiger partial charge on any atom is -0.469 e. The summed E-state index contributed by atoms with van der Waals surface area (Å²) in [4.78, 5) is 27.4. The van der Waals surface area contributed by atoms with E-state index in [0.29, 0.717) is 36.3 Å². The molecule has 130 valence electrons. The zero-order valence-corrected chi connectivity index (χ0v) is 14.5. The fraction of sp³-hybridized carbons (Fsp3) is 0.444. The van der Waals surface area contributed by atoms with E-state index in [1.165, 1.54) is 0 Å². The highest BCUT2D eigenvalue weighted by Gasteiger charge is 2.33. The zero-order valence-electron chi connectivity index (χ0n) is 14.5. The number of esters is 1. The van der Waals surface area contributed by atoms with Crippen molar-refractivity contribution >= 4 is 11.8 Å². The van der Waals surface area contributed by atoms with Gasteiger partial charge in [-0.3, -0.25) is 4.79 Å². The largest absolute Gasteiger partial charge is 0.469 e. The normalized spacial score (nSPS) is 16.2. The van der Waals surface area contributed by atoms with Gasteiger partial charge in [0.05, 0.1) is 12.9 Å². The summed E-state index contributed by atoms with van der Waals surface area (Å²) in [6, 6.07) is 3.70. The number of H-pyrrole nitrogens is 1. The van der Waals surface area contributed by atoms with Gasteiger partial charge in [-0.05, 0) is 38.0 Å². The summed E-state index contributed by atoms with van der Waals surface area (Å²) in [7, 11) is 3.25. The van der Waals surface area contributed by atoms with E-state index in [-0.39, 0.29) is 11.7 Å². The number of methoxy groups -OCH3 is 1. The average molecular weight is 333 g/mol. The van der Waals surface area contributed by atoms with Gasteiger partial charge in [0.15, 0.2) is 5.78 Å². The van der Waals surface area contributed by atoms with Gasteiger partial charge in [-0.2, -0.15) is 0 Å². The van der Waals surface area contributed by atoms with Crippen LogP contribution < -0.4 is 0 Å². The SMILES string of the molecule is CCOC(=O)c1[nH]c2c(c1C)C(=O)CC(c1ccco1)C2.COC. The monoisotopic (exact) mass is 333 g/mol. The summed E-state index contributed by atoms with van der Waals surface area (Å²) >= 11 is 0. The molecule has 0 saturated heterocycles. The third-order valence-electron chi connectivity index (χ3n) is 3.91. The number of ether oxygens (including phenoxy) is 2. The predicted octanol–water partition coefficient (Wildman–Crippen LogP) is 3.27. The number of aromatic nitrogens is 1. The highest BCUT2D eigenvalue weighted by Crippen LogP contribution is 2.35. The highest BCUT2D eigenvalue weighted by molar-refractivity contribution is 6.03. The van der Waals surface area contributed by atoms with Crippen LogP contribution in [-0.4, -0.2) is 37.6 Å². The molecule has 1 aliphatic rings. The second-order valence-corrected chi connectivity index (χ2v) is 5.65. The Kier molecular flexibility index (Phi) is 5.98. The number of rotatable bonds is 3. The lowest BCUT2D eigenvalue weighted by atomic mass is 9.84. The Hall–Kier alpha value is -2.34. The first-order chi connectivity index (χ1) is 11.5. The number of ketones is 1. The summed E-state index contributed by atoms with van der Waals surface area (Å²) in [6.07, 6.45) is 2.68. The van der Waals surface area contributed by atoms with E-state index in [0.717, 1.165) is 11.5 Å². The molecular weight excluding hydrogens is 310 g/mol. The van der Waals surface area contributed by atoms with Crippen molar-refractivity contribution in [3.63, 3.8) is 0 Å². The van der Waals surface area contributed by atoms with Gasteiger partial charge in [-0.15, -0.1) is 0 Å². The van der Waals surface area contributed by atoms with Crippen molar-refractivity contribution in [2.24, 2.45) is 0 Å². The molecule has 0 bridgehead atoms. The Bertz CT molecular complexity index is 699. The molecular formula is C18H23NO5. The van der Waals surface area contributed by atoms with E-state index in [2.05, 4.69) is 9.72 Å². The topological polar surface area (TPSA) is 81.5 Å². The van der Waals surface area contributed by atoms with Crippen molar-refractivity contribution in [1.29, 1.82) is 0 Å². The van der Waals surface area contributed by atoms with E-state index in [1.54, 1.807) is 34.3 Å². The fourth-order valence-electron chi connectivity index (χ4n) is 2.97. The number of Topliss-reactive ketones (excluding diaryl/α,β-unsaturated/α-hetero) is 1. The first kappa shape index (κ1) is 18.0. The summed E-state index contributed by atoms with van der Waals surface area (Å²) < 4.78 is 14.7. The third-order valence-corrected chi connectivity index (χ3v) is 3.91. The van der Waals surface area contributed by atoms with Crippen LogP contribution in [0.4, 0.5) is 0 Å². The fourth-order valence-corrected chi connectivity index (χ4v) is 2.97. The Balaban J connectivity index is 0.000000647. The van der Waals surface area contributed by atoms with E-state index < -0.39 is 5.97 Å². The molecule has 1 atom stereocenters. The predicted molar refractivity (Wildman–Crippen MR) is 88.5 cm³/mol. The number of hydrogen-bond acceptors (Lipinski definition) is 5. The van der Waals surface area contributed by atoms with Gasteiger partial charge in [-0.25, -0.2) is 4.79 Å². The second-order valence-electron chi connectivity index (χ2n) is 5.65. The molecule has 6 heteroatoms. The Morgan fingerprint density at radius 2 is 2.08 bits per heavy atom. The van der Waals surface area contributed by atoms with Crippen molar-refractivity contribution in [1.82, 2.24) is 4.98 Å². The van der Waals surface area contributed by atoms with Crippen molar-refractivity contribution in [2.45, 2.75) is 32.6 Å². The Labute approximate surface area is 141 Å². The molecule has 0 saturated carbocycles. The van der Waals surface area contributed by atoms with Crippen molar-refractivity contribution in [3.8, 4) is 0 Å². The molecule has 0 amide bonds.